The van der Waals surface area contributed by atoms with Crippen LogP contribution in [0.25, 0.3) is 27.8 Å². The molecular weight excluding hydrogens is 344 g/mol. The van der Waals surface area contributed by atoms with Crippen molar-refractivity contribution in [3.63, 3.8) is 0 Å². The van der Waals surface area contributed by atoms with Gasteiger partial charge in [-0.3, -0.25) is 9.67 Å². The van der Waals surface area contributed by atoms with Crippen molar-refractivity contribution in [2.45, 2.75) is 13.3 Å². The molecule has 3 heterocycles. The van der Waals surface area contributed by atoms with Gasteiger partial charge in [0.15, 0.2) is 11.5 Å². The van der Waals surface area contributed by atoms with Crippen molar-refractivity contribution in [2.24, 2.45) is 0 Å². The van der Waals surface area contributed by atoms with Gasteiger partial charge in [0, 0.05) is 11.1 Å². The summed E-state index contributed by atoms with van der Waals surface area (Å²) < 4.78 is 33.3. The van der Waals surface area contributed by atoms with Gasteiger partial charge in [0.25, 0.3) is 6.43 Å². The molecule has 0 fully saturated rings. The Morgan fingerprint density at radius 2 is 2.08 bits per heavy atom. The van der Waals surface area contributed by atoms with E-state index in [1.165, 1.54) is 23.9 Å². The number of aromatic amines is 1. The molecule has 0 amide bonds. The zero-order valence-corrected chi connectivity index (χ0v) is 13.8. The number of ether oxygens (including phenoxy) is 1. The van der Waals surface area contributed by atoms with Crippen LogP contribution in [0.2, 0.25) is 0 Å². The Morgan fingerprint density at radius 3 is 2.81 bits per heavy atom. The van der Waals surface area contributed by atoms with Crippen LogP contribution in [0.4, 0.5) is 8.78 Å². The number of pyridine rings is 1. The van der Waals surface area contributed by atoms with Crippen molar-refractivity contribution in [1.29, 1.82) is 0 Å². The van der Waals surface area contributed by atoms with E-state index in [0.717, 1.165) is 0 Å². The predicted molar refractivity (Wildman–Crippen MR) is 89.6 cm³/mol. The number of rotatable bonds is 3. The van der Waals surface area contributed by atoms with Gasteiger partial charge in [-0.25, -0.2) is 23.5 Å². The number of H-pyrrole nitrogens is 1. The van der Waals surface area contributed by atoms with Crippen LogP contribution in [-0.4, -0.2) is 37.8 Å². The molecule has 9 heteroatoms. The summed E-state index contributed by atoms with van der Waals surface area (Å²) >= 11 is 0. The standard InChI is InChI=1S/C17H13F2N5O2/c1-8-3-4-12-15(21-8)24(16(22-12)14(18)19)10-5-9-7-20-23-13(9)11(6-10)17(25)26-2/h3-7,14H,1-2H3,(H,20,23). The Balaban J connectivity index is 2.08. The Labute approximate surface area is 145 Å². The summed E-state index contributed by atoms with van der Waals surface area (Å²) in [5, 5.41) is 7.21. The second kappa shape index (κ2) is 5.87. The molecule has 0 radical (unpaired) electrons. The van der Waals surface area contributed by atoms with Crippen molar-refractivity contribution >= 4 is 28.0 Å². The van der Waals surface area contributed by atoms with E-state index in [9.17, 15) is 13.6 Å². The second-order valence-corrected chi connectivity index (χ2v) is 5.72. The van der Waals surface area contributed by atoms with Gasteiger partial charge in [-0.1, -0.05) is 0 Å². The third-order valence-electron chi connectivity index (χ3n) is 4.06. The third kappa shape index (κ3) is 2.40. The lowest BCUT2D eigenvalue weighted by atomic mass is 10.1. The Kier molecular flexibility index (Phi) is 3.64. The molecule has 1 aromatic carbocycles. The van der Waals surface area contributed by atoms with E-state index >= 15 is 0 Å². The summed E-state index contributed by atoms with van der Waals surface area (Å²) in [4.78, 5) is 20.5. The number of carbonyl (C=O) groups is 1. The summed E-state index contributed by atoms with van der Waals surface area (Å²) in [5.41, 5.74) is 2.28. The lowest BCUT2D eigenvalue weighted by Crippen LogP contribution is -2.07. The molecule has 0 aliphatic heterocycles. The van der Waals surface area contributed by atoms with E-state index in [4.69, 9.17) is 4.74 Å². The summed E-state index contributed by atoms with van der Waals surface area (Å²) in [7, 11) is 1.25. The van der Waals surface area contributed by atoms with Crippen LogP contribution in [0.1, 0.15) is 28.3 Å². The number of benzene rings is 1. The summed E-state index contributed by atoms with van der Waals surface area (Å²) in [6.45, 7) is 1.76. The van der Waals surface area contributed by atoms with Gasteiger partial charge in [-0.15, -0.1) is 0 Å². The normalized spacial score (nSPS) is 11.6. The van der Waals surface area contributed by atoms with Gasteiger partial charge >= 0.3 is 5.97 Å². The Morgan fingerprint density at radius 1 is 1.27 bits per heavy atom. The zero-order chi connectivity index (χ0) is 18.4. The van der Waals surface area contributed by atoms with Gasteiger partial charge in [0.2, 0.25) is 0 Å². The molecule has 26 heavy (non-hydrogen) atoms. The smallest absolute Gasteiger partial charge is 0.340 e. The van der Waals surface area contributed by atoms with Crippen molar-refractivity contribution in [2.75, 3.05) is 7.11 Å². The summed E-state index contributed by atoms with van der Waals surface area (Å²) in [5.74, 6) is -1.05. The highest BCUT2D eigenvalue weighted by Crippen LogP contribution is 2.30. The molecule has 0 bridgehead atoms. The number of aromatic nitrogens is 5. The fourth-order valence-electron chi connectivity index (χ4n) is 2.91. The average Bonchev–Trinajstić information content (AvgIpc) is 3.23. The fraction of sp³-hybridized carbons (Fsp3) is 0.176. The average molecular weight is 357 g/mol. The van der Waals surface area contributed by atoms with Crippen molar-refractivity contribution in [1.82, 2.24) is 24.7 Å². The number of halogens is 2. The van der Waals surface area contributed by atoms with Gasteiger partial charge in [-0.2, -0.15) is 5.10 Å². The fourth-order valence-corrected chi connectivity index (χ4v) is 2.91. The van der Waals surface area contributed by atoms with E-state index < -0.39 is 18.2 Å². The number of imidazole rings is 1. The second-order valence-electron chi connectivity index (χ2n) is 5.72. The molecular formula is C17H13F2N5O2. The summed E-state index contributed by atoms with van der Waals surface area (Å²) in [6, 6.07) is 6.44. The first-order chi connectivity index (χ1) is 12.5. The van der Waals surface area contributed by atoms with Crippen LogP contribution in [0.5, 0.6) is 0 Å². The number of esters is 1. The van der Waals surface area contributed by atoms with Crippen molar-refractivity contribution in [3.05, 3.63) is 47.5 Å². The van der Waals surface area contributed by atoms with Crippen LogP contribution in [0.3, 0.4) is 0 Å². The SMILES string of the molecule is COC(=O)c1cc(-n2c(C(F)F)nc3ccc(C)nc32)cc2cn[nH]c12. The van der Waals surface area contributed by atoms with Gasteiger partial charge in [0.05, 0.1) is 30.1 Å². The monoisotopic (exact) mass is 357 g/mol. The zero-order valence-electron chi connectivity index (χ0n) is 13.8. The molecule has 7 nitrogen and oxygen atoms in total. The van der Waals surface area contributed by atoms with Gasteiger partial charge < -0.3 is 4.74 Å². The number of methoxy groups -OCH3 is 1. The maximum Gasteiger partial charge on any atom is 0.340 e. The van der Waals surface area contributed by atoms with E-state index in [2.05, 4.69) is 20.2 Å². The van der Waals surface area contributed by atoms with Gasteiger partial charge in [0.1, 0.15) is 5.52 Å². The van der Waals surface area contributed by atoms with E-state index in [1.807, 2.05) is 0 Å². The number of hydrogen-bond acceptors (Lipinski definition) is 5. The maximum atomic E-state index is 13.6. The highest BCUT2D eigenvalue weighted by Gasteiger charge is 2.23. The molecule has 0 saturated heterocycles. The minimum Gasteiger partial charge on any atom is -0.465 e. The molecule has 0 aliphatic carbocycles. The number of fused-ring (bicyclic) bond motifs is 2. The largest absolute Gasteiger partial charge is 0.465 e. The number of aryl methyl sites for hydroxylation is 1. The van der Waals surface area contributed by atoms with Crippen LogP contribution in [-0.2, 0) is 4.74 Å². The molecule has 0 aliphatic rings. The molecule has 4 aromatic rings. The van der Waals surface area contributed by atoms with Crippen LogP contribution in [0, 0.1) is 6.92 Å². The Bertz CT molecular complexity index is 1150. The Hall–Kier alpha value is -3.36. The molecule has 3 aromatic heterocycles. The molecule has 1 N–H and O–H groups in total. The van der Waals surface area contributed by atoms with E-state index in [0.29, 0.717) is 33.4 Å². The summed E-state index contributed by atoms with van der Waals surface area (Å²) in [6.07, 6.45) is -1.31. The predicted octanol–water partition coefficient (Wildman–Crippen LogP) is 3.33. The molecule has 0 spiro atoms. The lowest BCUT2D eigenvalue weighted by Gasteiger charge is -2.11. The first-order valence-corrected chi connectivity index (χ1v) is 7.69. The topological polar surface area (TPSA) is 85.7 Å². The quantitative estimate of drug-likeness (QED) is 0.569. The first kappa shape index (κ1) is 16.1. The van der Waals surface area contributed by atoms with Crippen LogP contribution < -0.4 is 0 Å². The van der Waals surface area contributed by atoms with Crippen LogP contribution >= 0.6 is 0 Å². The molecule has 4 rings (SSSR count). The van der Waals surface area contributed by atoms with Crippen LogP contribution in [0.15, 0.2) is 30.5 Å². The molecule has 132 valence electrons. The molecule has 0 atom stereocenters. The number of hydrogen-bond donors (Lipinski definition) is 1. The van der Waals surface area contributed by atoms with E-state index in [1.54, 1.807) is 25.1 Å². The highest BCUT2D eigenvalue weighted by atomic mass is 19.3. The molecule has 0 unspecified atom stereocenters. The van der Waals surface area contributed by atoms with Crippen molar-refractivity contribution in [3.8, 4) is 5.69 Å². The number of nitrogens with one attached hydrogen (secondary N) is 1. The number of nitrogens with zero attached hydrogens (tertiary/aromatic N) is 4. The van der Waals surface area contributed by atoms with Crippen molar-refractivity contribution < 1.29 is 18.3 Å². The molecule has 0 saturated carbocycles. The number of carbonyl (C=O) groups excluding carboxylic acids is 1. The van der Waals surface area contributed by atoms with E-state index in [-0.39, 0.29) is 5.56 Å². The maximum absolute atomic E-state index is 13.6. The minimum atomic E-state index is -2.81. The first-order valence-electron chi connectivity index (χ1n) is 7.69. The highest BCUT2D eigenvalue weighted by molar-refractivity contribution is 6.03. The third-order valence-corrected chi connectivity index (χ3v) is 4.06. The number of alkyl halides is 2. The minimum absolute atomic E-state index is 0.187. The van der Waals surface area contributed by atoms with Gasteiger partial charge in [-0.05, 0) is 31.2 Å². The lowest BCUT2D eigenvalue weighted by molar-refractivity contribution is 0.0602.